The summed E-state index contributed by atoms with van der Waals surface area (Å²) in [6.07, 6.45) is 5.17. The van der Waals surface area contributed by atoms with Crippen LogP contribution in [0.2, 0.25) is 0 Å². The lowest BCUT2D eigenvalue weighted by atomic mass is 10.2. The SMILES string of the molecule is CCCCC(=O)N(CCC)CC(=O)N(CCOC)Cc1cccn1C. The molecule has 6 heteroatoms. The molecule has 0 aliphatic rings. The van der Waals surface area contributed by atoms with Crippen molar-refractivity contribution in [1.29, 1.82) is 0 Å². The van der Waals surface area contributed by atoms with E-state index in [-0.39, 0.29) is 18.4 Å². The van der Waals surface area contributed by atoms with Crippen LogP contribution in [0, 0.1) is 0 Å². The van der Waals surface area contributed by atoms with Gasteiger partial charge < -0.3 is 19.1 Å². The summed E-state index contributed by atoms with van der Waals surface area (Å²) in [4.78, 5) is 28.6. The summed E-state index contributed by atoms with van der Waals surface area (Å²) >= 11 is 0. The van der Waals surface area contributed by atoms with Crippen molar-refractivity contribution in [2.75, 3.05) is 33.4 Å². The van der Waals surface area contributed by atoms with Gasteiger partial charge >= 0.3 is 0 Å². The molecule has 0 saturated carbocycles. The van der Waals surface area contributed by atoms with E-state index in [0.29, 0.717) is 32.7 Å². The third-order valence-corrected chi connectivity index (χ3v) is 4.24. The second kappa shape index (κ2) is 11.7. The Labute approximate surface area is 151 Å². The third-order valence-electron chi connectivity index (χ3n) is 4.24. The Morgan fingerprint density at radius 2 is 1.88 bits per heavy atom. The first-order valence-electron chi connectivity index (χ1n) is 9.18. The summed E-state index contributed by atoms with van der Waals surface area (Å²) in [6, 6.07) is 3.97. The van der Waals surface area contributed by atoms with Crippen LogP contribution in [0.15, 0.2) is 18.3 Å². The average Bonchev–Trinajstić information content (AvgIpc) is 3.00. The largest absolute Gasteiger partial charge is 0.383 e. The van der Waals surface area contributed by atoms with E-state index in [4.69, 9.17) is 4.74 Å². The van der Waals surface area contributed by atoms with Gasteiger partial charge in [0.2, 0.25) is 11.8 Å². The number of rotatable bonds is 12. The summed E-state index contributed by atoms with van der Waals surface area (Å²) in [5.41, 5.74) is 1.06. The third kappa shape index (κ3) is 7.30. The van der Waals surface area contributed by atoms with E-state index in [9.17, 15) is 9.59 Å². The van der Waals surface area contributed by atoms with Crippen molar-refractivity contribution in [1.82, 2.24) is 14.4 Å². The van der Waals surface area contributed by atoms with Crippen LogP contribution < -0.4 is 0 Å². The number of amides is 2. The quantitative estimate of drug-likeness (QED) is 0.581. The van der Waals surface area contributed by atoms with Crippen LogP contribution in [-0.4, -0.2) is 59.5 Å². The molecule has 0 N–H and O–H groups in total. The molecule has 25 heavy (non-hydrogen) atoms. The van der Waals surface area contributed by atoms with Crippen molar-refractivity contribution in [3.8, 4) is 0 Å². The van der Waals surface area contributed by atoms with Crippen molar-refractivity contribution >= 4 is 11.8 Å². The number of carbonyl (C=O) groups excluding carboxylic acids is 2. The van der Waals surface area contributed by atoms with Gasteiger partial charge in [-0.05, 0) is 25.0 Å². The zero-order valence-electron chi connectivity index (χ0n) is 16.2. The van der Waals surface area contributed by atoms with Crippen LogP contribution in [0.25, 0.3) is 0 Å². The fourth-order valence-corrected chi connectivity index (χ4v) is 2.66. The van der Waals surface area contributed by atoms with Gasteiger partial charge in [-0.15, -0.1) is 0 Å². The lowest BCUT2D eigenvalue weighted by Gasteiger charge is -2.27. The number of ether oxygens (including phenoxy) is 1. The molecule has 1 heterocycles. The Bertz CT molecular complexity index is 528. The Morgan fingerprint density at radius 3 is 2.44 bits per heavy atom. The zero-order chi connectivity index (χ0) is 18.7. The highest BCUT2D eigenvalue weighted by molar-refractivity contribution is 5.84. The maximum absolute atomic E-state index is 12.8. The molecular weight excluding hydrogens is 318 g/mol. The number of nitrogens with zero attached hydrogens (tertiary/aromatic N) is 3. The molecule has 0 fully saturated rings. The summed E-state index contributed by atoms with van der Waals surface area (Å²) in [5, 5.41) is 0. The topological polar surface area (TPSA) is 54.8 Å². The standard InChI is InChI=1S/C19H33N3O3/c1-5-7-10-18(23)21(11-6-2)16-19(24)22(13-14-25-4)15-17-9-8-12-20(17)3/h8-9,12H,5-7,10-11,13-16H2,1-4H3. The Hall–Kier alpha value is -1.82. The molecule has 2 amide bonds. The van der Waals surface area contributed by atoms with Gasteiger partial charge in [0, 0.05) is 45.6 Å². The van der Waals surface area contributed by atoms with Crippen molar-refractivity contribution in [3.05, 3.63) is 24.0 Å². The normalized spacial score (nSPS) is 10.7. The molecule has 0 aliphatic carbocycles. The molecule has 1 aromatic rings. The summed E-state index contributed by atoms with van der Waals surface area (Å²) in [6.45, 7) is 6.37. The Morgan fingerprint density at radius 1 is 1.12 bits per heavy atom. The maximum Gasteiger partial charge on any atom is 0.242 e. The minimum Gasteiger partial charge on any atom is -0.383 e. The van der Waals surface area contributed by atoms with Gasteiger partial charge in [-0.1, -0.05) is 20.3 Å². The smallest absolute Gasteiger partial charge is 0.242 e. The highest BCUT2D eigenvalue weighted by Crippen LogP contribution is 2.08. The number of aryl methyl sites for hydroxylation is 1. The summed E-state index contributed by atoms with van der Waals surface area (Å²) in [5.74, 6) is 0.0409. The number of aromatic nitrogens is 1. The second-order valence-corrected chi connectivity index (χ2v) is 6.34. The second-order valence-electron chi connectivity index (χ2n) is 6.34. The Balaban J connectivity index is 2.76. The van der Waals surface area contributed by atoms with Gasteiger partial charge in [-0.3, -0.25) is 9.59 Å². The average molecular weight is 351 g/mol. The van der Waals surface area contributed by atoms with Gasteiger partial charge in [-0.2, -0.15) is 0 Å². The number of methoxy groups -OCH3 is 1. The minimum atomic E-state index is -0.0310. The molecule has 1 aromatic heterocycles. The van der Waals surface area contributed by atoms with Gasteiger partial charge in [0.05, 0.1) is 19.7 Å². The van der Waals surface area contributed by atoms with Crippen molar-refractivity contribution in [2.45, 2.75) is 46.1 Å². The molecule has 0 aromatic carbocycles. The van der Waals surface area contributed by atoms with E-state index in [1.54, 1.807) is 16.9 Å². The predicted octanol–water partition coefficient (Wildman–Crippen LogP) is 2.43. The van der Waals surface area contributed by atoms with Crippen LogP contribution in [0.4, 0.5) is 0 Å². The summed E-state index contributed by atoms with van der Waals surface area (Å²) < 4.78 is 7.15. The fraction of sp³-hybridized carbons (Fsp3) is 0.684. The number of hydrogen-bond donors (Lipinski definition) is 0. The fourth-order valence-electron chi connectivity index (χ4n) is 2.66. The van der Waals surface area contributed by atoms with E-state index >= 15 is 0 Å². The highest BCUT2D eigenvalue weighted by Gasteiger charge is 2.21. The lowest BCUT2D eigenvalue weighted by Crippen LogP contribution is -2.44. The maximum atomic E-state index is 12.8. The van der Waals surface area contributed by atoms with Crippen molar-refractivity contribution in [2.24, 2.45) is 7.05 Å². The predicted molar refractivity (Wildman–Crippen MR) is 99.1 cm³/mol. The van der Waals surface area contributed by atoms with Crippen LogP contribution in [0.3, 0.4) is 0 Å². The minimum absolute atomic E-state index is 0.0310. The monoisotopic (exact) mass is 351 g/mol. The van der Waals surface area contributed by atoms with Crippen LogP contribution in [-0.2, 0) is 27.9 Å². The highest BCUT2D eigenvalue weighted by atomic mass is 16.5. The van der Waals surface area contributed by atoms with Gasteiger partial charge in [-0.25, -0.2) is 0 Å². The first-order valence-corrected chi connectivity index (χ1v) is 9.18. The first kappa shape index (κ1) is 21.2. The van der Waals surface area contributed by atoms with Crippen LogP contribution in [0.1, 0.15) is 45.2 Å². The first-order chi connectivity index (χ1) is 12.0. The van der Waals surface area contributed by atoms with E-state index < -0.39 is 0 Å². The molecular formula is C19H33N3O3. The number of unbranched alkanes of at least 4 members (excludes halogenated alkanes) is 1. The van der Waals surface area contributed by atoms with E-state index in [2.05, 4.69) is 6.92 Å². The summed E-state index contributed by atoms with van der Waals surface area (Å²) in [7, 11) is 3.59. The molecule has 0 atom stereocenters. The molecule has 6 nitrogen and oxygen atoms in total. The van der Waals surface area contributed by atoms with Gasteiger partial charge in [0.15, 0.2) is 0 Å². The molecule has 0 saturated heterocycles. The zero-order valence-corrected chi connectivity index (χ0v) is 16.2. The van der Waals surface area contributed by atoms with E-state index in [1.165, 1.54) is 0 Å². The van der Waals surface area contributed by atoms with Crippen molar-refractivity contribution in [3.63, 3.8) is 0 Å². The molecule has 0 unspecified atom stereocenters. The molecule has 0 spiro atoms. The van der Waals surface area contributed by atoms with Crippen LogP contribution in [0.5, 0.6) is 0 Å². The molecule has 0 aliphatic heterocycles. The molecule has 0 bridgehead atoms. The van der Waals surface area contributed by atoms with Gasteiger partial charge in [0.1, 0.15) is 0 Å². The number of hydrogen-bond acceptors (Lipinski definition) is 3. The number of carbonyl (C=O) groups is 2. The molecule has 0 radical (unpaired) electrons. The lowest BCUT2D eigenvalue weighted by molar-refractivity contribution is -0.141. The Kier molecular flexibility index (Phi) is 9.92. The van der Waals surface area contributed by atoms with Crippen molar-refractivity contribution < 1.29 is 14.3 Å². The molecule has 142 valence electrons. The van der Waals surface area contributed by atoms with Gasteiger partial charge in [0.25, 0.3) is 0 Å². The van der Waals surface area contributed by atoms with E-state index in [0.717, 1.165) is 25.0 Å². The van der Waals surface area contributed by atoms with Crippen LogP contribution >= 0.6 is 0 Å². The molecule has 1 rings (SSSR count). The van der Waals surface area contributed by atoms with E-state index in [1.807, 2.05) is 36.9 Å².